The lowest BCUT2D eigenvalue weighted by Gasteiger charge is -2.46. The summed E-state index contributed by atoms with van der Waals surface area (Å²) in [5.74, 6) is 0. The van der Waals surface area contributed by atoms with Crippen molar-refractivity contribution < 1.29 is 0 Å². The Kier molecular flexibility index (Phi) is 12.1. The number of aromatic nitrogens is 1. The van der Waals surface area contributed by atoms with Gasteiger partial charge in [-0.05, 0) is 207 Å². The summed E-state index contributed by atoms with van der Waals surface area (Å²) in [5, 5.41) is 1.23. The van der Waals surface area contributed by atoms with Gasteiger partial charge in [0.15, 0.2) is 0 Å². The van der Waals surface area contributed by atoms with Crippen LogP contribution in [0.4, 0.5) is 34.1 Å². The molecule has 402 valence electrons. The van der Waals surface area contributed by atoms with Crippen LogP contribution in [-0.4, -0.2) is 11.3 Å². The third-order valence-electron chi connectivity index (χ3n) is 18.4. The van der Waals surface area contributed by atoms with E-state index in [1.165, 1.54) is 156 Å². The molecule has 9 aromatic rings. The molecule has 0 N–H and O–H groups in total. The standard InChI is InChI=1S/C76H80BN3/c1-20-26-55-57-42-61-65(43-64(57)78(62(55)21-2)70-44(3)27-24-28-45(70)4)80(72-48(7)37-52(38-49(72)8)74(12,13)14)67-41-53(75(15,16)17)40-66-69(67)77(61)60-39-51(73(9,10)11)33-34-63(60)79(66)71-46(5)35-50(36-47(71)6)54-30-25-32-59-68(54)56-29-22-23-31-58(56)76(59,18)19/h20-43H,2H2,1,3-19H3/b26-20-. The van der Waals surface area contributed by atoms with Crippen LogP contribution in [0.3, 0.4) is 0 Å². The van der Waals surface area contributed by atoms with Gasteiger partial charge in [0.05, 0.1) is 28.3 Å². The number of allylic oxidation sites excluding steroid dienone is 1. The first-order valence-electron chi connectivity index (χ1n) is 29.2. The van der Waals surface area contributed by atoms with Gasteiger partial charge in [-0.25, -0.2) is 0 Å². The highest BCUT2D eigenvalue weighted by atomic mass is 15.2. The van der Waals surface area contributed by atoms with Crippen molar-refractivity contribution in [2.45, 2.75) is 146 Å². The van der Waals surface area contributed by atoms with Crippen molar-refractivity contribution in [1.29, 1.82) is 0 Å². The number of rotatable bonds is 6. The number of hydrogen-bond acceptors (Lipinski definition) is 2. The largest absolute Gasteiger partial charge is 0.311 e. The fraction of sp³-hybridized carbons (Fsp3) is 0.289. The second kappa shape index (κ2) is 18.2. The zero-order valence-corrected chi connectivity index (χ0v) is 51.0. The number of anilines is 6. The van der Waals surface area contributed by atoms with Gasteiger partial charge in [0.25, 0.3) is 6.71 Å². The minimum absolute atomic E-state index is 0.0190. The monoisotopic (exact) mass is 1050 g/mol. The molecular weight excluding hydrogens is 966 g/mol. The molecule has 3 aliphatic rings. The quantitative estimate of drug-likeness (QED) is 0.154. The third-order valence-corrected chi connectivity index (χ3v) is 18.4. The minimum Gasteiger partial charge on any atom is -0.311 e. The fourth-order valence-corrected chi connectivity index (χ4v) is 14.3. The molecule has 12 rings (SSSR count). The van der Waals surface area contributed by atoms with Crippen LogP contribution in [0.15, 0.2) is 140 Å². The first-order chi connectivity index (χ1) is 37.8. The van der Waals surface area contributed by atoms with E-state index in [0.717, 1.165) is 5.69 Å². The Morgan fingerprint density at radius 2 is 1.01 bits per heavy atom. The summed E-state index contributed by atoms with van der Waals surface area (Å²) in [6.07, 6.45) is 6.57. The van der Waals surface area contributed by atoms with Gasteiger partial charge in [-0.1, -0.05) is 186 Å². The topological polar surface area (TPSA) is 11.4 Å². The van der Waals surface area contributed by atoms with Crippen molar-refractivity contribution in [3.05, 3.63) is 213 Å². The molecule has 0 saturated carbocycles. The van der Waals surface area contributed by atoms with Crippen LogP contribution >= 0.6 is 0 Å². The lowest BCUT2D eigenvalue weighted by atomic mass is 9.33. The van der Waals surface area contributed by atoms with Crippen LogP contribution in [-0.2, 0) is 21.7 Å². The smallest absolute Gasteiger partial charge is 0.252 e. The summed E-state index contributed by atoms with van der Waals surface area (Å²) >= 11 is 0. The highest BCUT2D eigenvalue weighted by Crippen LogP contribution is 2.54. The zero-order valence-electron chi connectivity index (χ0n) is 51.0. The van der Waals surface area contributed by atoms with Gasteiger partial charge in [-0.3, -0.25) is 0 Å². The van der Waals surface area contributed by atoms with Crippen LogP contribution in [0.5, 0.6) is 0 Å². The molecule has 0 fully saturated rings. The third kappa shape index (κ3) is 7.89. The normalized spacial score (nSPS) is 14.4. The molecule has 3 nitrogen and oxygen atoms in total. The second-order valence-electron chi connectivity index (χ2n) is 27.4. The molecule has 1 aliphatic carbocycles. The number of nitrogens with zero attached hydrogens (tertiary/aromatic N) is 3. The maximum atomic E-state index is 4.54. The number of aryl methyl sites for hydroxylation is 6. The molecule has 1 aromatic heterocycles. The lowest BCUT2D eigenvalue weighted by molar-refractivity contribution is 0.589. The Hall–Kier alpha value is -7.56. The van der Waals surface area contributed by atoms with Gasteiger partial charge in [-0.2, -0.15) is 0 Å². The first-order valence-corrected chi connectivity index (χ1v) is 29.2. The van der Waals surface area contributed by atoms with Gasteiger partial charge in [0.2, 0.25) is 0 Å². The number of fused-ring (bicyclic) bond motifs is 8. The van der Waals surface area contributed by atoms with Crippen molar-refractivity contribution in [1.82, 2.24) is 4.57 Å². The summed E-state index contributed by atoms with van der Waals surface area (Å²) in [5.41, 5.74) is 35.3. The molecule has 0 unspecified atom stereocenters. The Bertz CT molecular complexity index is 4080. The van der Waals surface area contributed by atoms with Gasteiger partial charge >= 0.3 is 0 Å². The maximum absolute atomic E-state index is 4.54. The van der Waals surface area contributed by atoms with E-state index < -0.39 is 0 Å². The molecular formula is C76H80BN3. The van der Waals surface area contributed by atoms with E-state index >= 15 is 0 Å². The molecule has 8 aromatic carbocycles. The lowest BCUT2D eigenvalue weighted by Crippen LogP contribution is -2.61. The van der Waals surface area contributed by atoms with Crippen molar-refractivity contribution >= 4 is 80.3 Å². The Labute approximate surface area is 478 Å². The Balaban J connectivity index is 1.21. The average Bonchev–Trinajstić information content (AvgIpc) is 3.37. The SMILES string of the molecule is C=Cc1c(/C=C\C)c2cc3c(cc2n1-c1c(C)cccc1C)N(c1c(C)cc(C(C)(C)C)cc1C)c1cc(C(C)(C)C)cc2c1B3c1cc(C(C)(C)C)ccc1N2c1c(C)cc(-c2cccc3c2-c2ccccc2C3(C)C)cc1C. The molecule has 4 heteroatoms. The Morgan fingerprint density at radius 1 is 0.487 bits per heavy atom. The summed E-state index contributed by atoms with van der Waals surface area (Å²) in [7, 11) is 0. The van der Waals surface area contributed by atoms with Gasteiger partial charge in [0.1, 0.15) is 0 Å². The molecule has 0 spiro atoms. The van der Waals surface area contributed by atoms with Crippen molar-refractivity contribution in [3.63, 3.8) is 0 Å². The highest BCUT2D eigenvalue weighted by Gasteiger charge is 2.46. The van der Waals surface area contributed by atoms with Gasteiger partial charge in [0, 0.05) is 39.1 Å². The predicted molar refractivity (Wildman–Crippen MR) is 350 cm³/mol. The number of hydrogen-bond donors (Lipinski definition) is 0. The molecule has 0 amide bonds. The van der Waals surface area contributed by atoms with Gasteiger partial charge < -0.3 is 14.4 Å². The van der Waals surface area contributed by atoms with Crippen molar-refractivity contribution in [2.75, 3.05) is 9.80 Å². The van der Waals surface area contributed by atoms with E-state index in [9.17, 15) is 0 Å². The second-order valence-corrected chi connectivity index (χ2v) is 27.4. The predicted octanol–water partition coefficient (Wildman–Crippen LogP) is 19.1. The number of benzene rings is 8. The van der Waals surface area contributed by atoms with Crippen LogP contribution in [0.25, 0.3) is 51.0 Å². The summed E-state index contributed by atoms with van der Waals surface area (Å²) in [4.78, 5) is 5.37. The first kappa shape index (κ1) is 53.1. The van der Waals surface area contributed by atoms with E-state index in [0.29, 0.717) is 0 Å². The highest BCUT2D eigenvalue weighted by molar-refractivity contribution is 7.00. The fourth-order valence-electron chi connectivity index (χ4n) is 14.3. The molecule has 0 radical (unpaired) electrons. The van der Waals surface area contributed by atoms with Crippen LogP contribution in [0.1, 0.15) is 156 Å². The van der Waals surface area contributed by atoms with Crippen molar-refractivity contribution in [2.24, 2.45) is 0 Å². The molecule has 3 heterocycles. The van der Waals surface area contributed by atoms with E-state index in [-0.39, 0.29) is 28.4 Å². The summed E-state index contributed by atoms with van der Waals surface area (Å²) in [6, 6.07) is 50.3. The van der Waals surface area contributed by atoms with Gasteiger partial charge in [-0.15, -0.1) is 0 Å². The van der Waals surface area contributed by atoms with Crippen LogP contribution in [0, 0.1) is 41.5 Å². The summed E-state index contributed by atoms with van der Waals surface area (Å²) < 4.78 is 2.50. The zero-order chi connectivity index (χ0) is 57.0. The van der Waals surface area contributed by atoms with E-state index in [4.69, 9.17) is 0 Å². The van der Waals surface area contributed by atoms with Crippen LogP contribution < -0.4 is 26.2 Å². The minimum atomic E-state index is -0.178. The van der Waals surface area contributed by atoms with Crippen molar-refractivity contribution in [3.8, 4) is 27.9 Å². The van der Waals surface area contributed by atoms with E-state index in [1.54, 1.807) is 0 Å². The molecule has 0 bridgehead atoms. The van der Waals surface area contributed by atoms with Crippen LogP contribution in [0.2, 0.25) is 0 Å². The average molecular weight is 1050 g/mol. The Morgan fingerprint density at radius 3 is 1.60 bits per heavy atom. The molecule has 80 heavy (non-hydrogen) atoms. The molecule has 0 saturated heterocycles. The van der Waals surface area contributed by atoms with E-state index in [2.05, 4.69) is 291 Å². The maximum Gasteiger partial charge on any atom is 0.252 e. The summed E-state index contributed by atoms with van der Waals surface area (Å²) in [6.45, 7) is 46.5. The van der Waals surface area contributed by atoms with E-state index in [1.807, 2.05) is 0 Å². The molecule has 0 atom stereocenters. The molecule has 2 aliphatic heterocycles. The number of para-hydroxylation sites is 1.